The first-order chi connectivity index (χ1) is 18.0. The van der Waals surface area contributed by atoms with Crippen molar-refractivity contribution in [2.75, 3.05) is 33.3 Å². The van der Waals surface area contributed by atoms with Gasteiger partial charge in [0.25, 0.3) is 11.8 Å². The Bertz CT molecular complexity index is 1240. The maximum atomic E-state index is 13.3. The highest BCUT2D eigenvalue weighted by Crippen LogP contribution is 2.26. The van der Waals surface area contributed by atoms with Gasteiger partial charge < -0.3 is 15.0 Å². The van der Waals surface area contributed by atoms with Gasteiger partial charge in [-0.3, -0.25) is 29.3 Å². The van der Waals surface area contributed by atoms with Crippen molar-refractivity contribution in [3.8, 4) is 5.75 Å². The summed E-state index contributed by atoms with van der Waals surface area (Å²) in [5.74, 6) is 0.118. The van der Waals surface area contributed by atoms with E-state index in [9.17, 15) is 14.4 Å². The number of imide groups is 1. The summed E-state index contributed by atoms with van der Waals surface area (Å²) in [6, 6.07) is 14.1. The lowest BCUT2D eigenvalue weighted by Crippen LogP contribution is -2.44. The Hall–Kier alpha value is -4.11. The Morgan fingerprint density at radius 1 is 1.00 bits per heavy atom. The maximum Gasteiger partial charge on any atom is 0.261 e. The molecule has 3 heterocycles. The fraction of sp³-hybridized carbons (Fsp3) is 0.321. The molecule has 1 fully saturated rings. The molecule has 1 N–H and O–H groups in total. The number of methoxy groups -OCH3 is 1. The second kappa shape index (κ2) is 10.9. The molecule has 1 atom stereocenters. The summed E-state index contributed by atoms with van der Waals surface area (Å²) < 4.78 is 5.26. The van der Waals surface area contributed by atoms with Gasteiger partial charge in [-0.1, -0.05) is 24.3 Å². The van der Waals surface area contributed by atoms with Gasteiger partial charge >= 0.3 is 0 Å². The lowest BCUT2D eigenvalue weighted by Gasteiger charge is -2.32. The van der Waals surface area contributed by atoms with Crippen molar-refractivity contribution >= 4 is 17.7 Å². The summed E-state index contributed by atoms with van der Waals surface area (Å²) in [5.41, 5.74) is 2.50. The monoisotopic (exact) mass is 499 g/mol. The molecule has 37 heavy (non-hydrogen) atoms. The van der Waals surface area contributed by atoms with Gasteiger partial charge in [0.1, 0.15) is 5.75 Å². The quantitative estimate of drug-likeness (QED) is 0.475. The zero-order valence-electron chi connectivity index (χ0n) is 20.7. The molecule has 190 valence electrons. The molecule has 2 aliphatic rings. The van der Waals surface area contributed by atoms with Crippen LogP contribution >= 0.6 is 0 Å². The van der Waals surface area contributed by atoms with E-state index in [-0.39, 0.29) is 23.6 Å². The van der Waals surface area contributed by atoms with Crippen LogP contribution in [0.5, 0.6) is 5.75 Å². The summed E-state index contributed by atoms with van der Waals surface area (Å²) in [7, 11) is 1.61. The molecule has 0 saturated carbocycles. The fourth-order valence-electron chi connectivity index (χ4n) is 4.95. The number of benzene rings is 2. The van der Waals surface area contributed by atoms with Gasteiger partial charge in [-0.15, -0.1) is 0 Å². The van der Waals surface area contributed by atoms with Crippen LogP contribution in [0.25, 0.3) is 0 Å². The molecule has 1 aromatic heterocycles. The Balaban J connectivity index is 1.17. The van der Waals surface area contributed by atoms with Gasteiger partial charge in [-0.25, -0.2) is 0 Å². The topological polar surface area (TPSA) is 105 Å². The predicted molar refractivity (Wildman–Crippen MR) is 136 cm³/mol. The number of likely N-dealkylation sites (tertiary alicyclic amines) is 1. The number of aromatic nitrogens is 2. The van der Waals surface area contributed by atoms with Gasteiger partial charge in [-0.2, -0.15) is 0 Å². The minimum absolute atomic E-state index is 0.0218. The van der Waals surface area contributed by atoms with E-state index >= 15 is 0 Å². The van der Waals surface area contributed by atoms with Gasteiger partial charge in [-0.05, 0) is 55.8 Å². The summed E-state index contributed by atoms with van der Waals surface area (Å²) in [5, 5.41) is 3.17. The van der Waals surface area contributed by atoms with Crippen LogP contribution in [0.2, 0.25) is 0 Å². The summed E-state index contributed by atoms with van der Waals surface area (Å²) in [4.78, 5) is 50.6. The van der Waals surface area contributed by atoms with E-state index in [2.05, 4.69) is 20.2 Å². The van der Waals surface area contributed by atoms with Crippen LogP contribution in [0.15, 0.2) is 67.1 Å². The molecule has 1 saturated heterocycles. The van der Waals surface area contributed by atoms with Crippen LogP contribution in [0.4, 0.5) is 0 Å². The molecule has 9 heteroatoms. The number of ether oxygens (including phenoxy) is 1. The van der Waals surface area contributed by atoms with Crippen LogP contribution in [0, 0.1) is 5.92 Å². The minimum atomic E-state index is -0.418. The van der Waals surface area contributed by atoms with Crippen molar-refractivity contribution in [1.82, 2.24) is 25.1 Å². The zero-order valence-corrected chi connectivity index (χ0v) is 20.7. The fourth-order valence-corrected chi connectivity index (χ4v) is 4.95. The van der Waals surface area contributed by atoms with E-state index in [1.54, 1.807) is 50.0 Å². The highest BCUT2D eigenvalue weighted by Gasteiger charge is 2.35. The lowest BCUT2D eigenvalue weighted by molar-refractivity contribution is -0.127. The molecule has 0 bridgehead atoms. The standard InChI is InChI=1S/C28H29N5O4/c1-37-21-8-6-19(7-9-21)25(24-18-29-12-13-30-24)31-26(34)20-10-14-32(15-11-20)16-17-33-27(35)22-4-2-3-5-23(22)28(33)36/h2-9,12-13,18,20,25H,10-11,14-17H2,1H3,(H,31,34). The van der Waals surface area contributed by atoms with Crippen molar-refractivity contribution in [2.45, 2.75) is 18.9 Å². The predicted octanol–water partition coefficient (Wildman–Crippen LogP) is 2.70. The van der Waals surface area contributed by atoms with Crippen LogP contribution in [0.3, 0.4) is 0 Å². The number of rotatable bonds is 8. The second-order valence-corrected chi connectivity index (χ2v) is 9.27. The Morgan fingerprint density at radius 2 is 1.68 bits per heavy atom. The van der Waals surface area contributed by atoms with Crippen LogP contribution in [-0.4, -0.2) is 70.8 Å². The van der Waals surface area contributed by atoms with Crippen molar-refractivity contribution < 1.29 is 19.1 Å². The number of hydrogen-bond donors (Lipinski definition) is 1. The molecule has 0 aliphatic carbocycles. The molecule has 3 amide bonds. The number of amides is 3. The average Bonchev–Trinajstić information content (AvgIpc) is 3.20. The zero-order chi connectivity index (χ0) is 25.8. The first-order valence-electron chi connectivity index (χ1n) is 12.4. The molecular weight excluding hydrogens is 470 g/mol. The van der Waals surface area contributed by atoms with Crippen molar-refractivity contribution in [3.05, 3.63) is 89.5 Å². The van der Waals surface area contributed by atoms with Crippen LogP contribution in [-0.2, 0) is 4.79 Å². The van der Waals surface area contributed by atoms with E-state index in [0.717, 1.165) is 24.4 Å². The average molecular weight is 500 g/mol. The summed E-state index contributed by atoms with van der Waals surface area (Å²) in [6.07, 6.45) is 6.28. The molecule has 9 nitrogen and oxygen atoms in total. The smallest absolute Gasteiger partial charge is 0.261 e. The third-order valence-electron chi connectivity index (χ3n) is 7.09. The van der Waals surface area contributed by atoms with Gasteiger partial charge in [0, 0.05) is 31.4 Å². The van der Waals surface area contributed by atoms with E-state index < -0.39 is 6.04 Å². The molecule has 2 aromatic carbocycles. The third kappa shape index (κ3) is 5.22. The maximum absolute atomic E-state index is 13.3. The number of carbonyl (C=O) groups is 3. The van der Waals surface area contributed by atoms with Gasteiger partial charge in [0.2, 0.25) is 5.91 Å². The molecule has 1 unspecified atom stereocenters. The van der Waals surface area contributed by atoms with Crippen LogP contribution in [0.1, 0.15) is 50.9 Å². The summed E-state index contributed by atoms with van der Waals surface area (Å²) >= 11 is 0. The van der Waals surface area contributed by atoms with Crippen molar-refractivity contribution in [2.24, 2.45) is 5.92 Å². The lowest BCUT2D eigenvalue weighted by atomic mass is 9.94. The van der Waals surface area contributed by atoms with Crippen LogP contribution < -0.4 is 10.1 Å². The molecule has 0 spiro atoms. The number of nitrogens with zero attached hydrogens (tertiary/aromatic N) is 4. The van der Waals surface area contributed by atoms with E-state index in [1.807, 2.05) is 24.3 Å². The minimum Gasteiger partial charge on any atom is -0.497 e. The SMILES string of the molecule is COc1ccc(C(NC(=O)C2CCN(CCN3C(=O)c4ccccc4C3=O)CC2)c2cnccn2)cc1. The Kier molecular flexibility index (Phi) is 7.23. The highest BCUT2D eigenvalue weighted by atomic mass is 16.5. The number of piperidine rings is 1. The number of hydrogen-bond acceptors (Lipinski definition) is 7. The van der Waals surface area contributed by atoms with Crippen molar-refractivity contribution in [3.63, 3.8) is 0 Å². The van der Waals surface area contributed by atoms with Gasteiger partial charge in [0.05, 0.1) is 36.2 Å². The van der Waals surface area contributed by atoms with Crippen molar-refractivity contribution in [1.29, 1.82) is 0 Å². The molecule has 5 rings (SSSR count). The third-order valence-corrected chi connectivity index (χ3v) is 7.09. The Morgan fingerprint density at radius 3 is 2.27 bits per heavy atom. The largest absolute Gasteiger partial charge is 0.497 e. The Labute approximate surface area is 215 Å². The number of carbonyl (C=O) groups excluding carboxylic acids is 3. The highest BCUT2D eigenvalue weighted by molar-refractivity contribution is 6.21. The van der Waals surface area contributed by atoms with E-state index in [0.29, 0.717) is 42.8 Å². The first-order valence-corrected chi connectivity index (χ1v) is 12.4. The van der Waals surface area contributed by atoms with Gasteiger partial charge in [0.15, 0.2) is 0 Å². The molecule has 2 aliphatic heterocycles. The molecular formula is C28H29N5O4. The molecule has 0 radical (unpaired) electrons. The number of nitrogens with one attached hydrogen (secondary N) is 1. The number of fused-ring (bicyclic) bond motifs is 1. The second-order valence-electron chi connectivity index (χ2n) is 9.27. The summed E-state index contributed by atoms with van der Waals surface area (Å²) in [6.45, 7) is 2.38. The van der Waals surface area contributed by atoms with E-state index in [4.69, 9.17) is 4.74 Å². The molecule has 3 aromatic rings. The normalized spacial score (nSPS) is 16.9. The van der Waals surface area contributed by atoms with E-state index in [1.165, 1.54) is 4.90 Å². The first kappa shape index (κ1) is 24.6.